The van der Waals surface area contributed by atoms with Crippen LogP contribution < -0.4 is 5.32 Å². The Kier molecular flexibility index (Phi) is 4.62. The van der Waals surface area contributed by atoms with Crippen molar-refractivity contribution in [3.63, 3.8) is 0 Å². The zero-order valence-electron chi connectivity index (χ0n) is 15.6. The van der Waals surface area contributed by atoms with Crippen molar-refractivity contribution in [2.24, 2.45) is 0 Å². The second kappa shape index (κ2) is 7.23. The van der Waals surface area contributed by atoms with E-state index in [9.17, 15) is 4.79 Å². The van der Waals surface area contributed by atoms with Crippen LogP contribution >= 0.6 is 0 Å². The lowest BCUT2D eigenvalue weighted by Crippen LogP contribution is -2.24. The second-order valence-corrected chi connectivity index (χ2v) is 6.99. The Bertz CT molecular complexity index is 1090. The molecular formula is C21H23N5O. The monoisotopic (exact) mass is 361 g/mol. The molecule has 0 fully saturated rings. The van der Waals surface area contributed by atoms with Gasteiger partial charge in [-0.25, -0.2) is 0 Å². The Hall–Kier alpha value is -3.15. The molecule has 0 aliphatic heterocycles. The maximum Gasteiger partial charge on any atom is 0.251 e. The maximum atomic E-state index is 12.5. The van der Waals surface area contributed by atoms with Crippen molar-refractivity contribution < 1.29 is 4.79 Å². The maximum absolute atomic E-state index is 12.5. The molecule has 0 aliphatic carbocycles. The van der Waals surface area contributed by atoms with Gasteiger partial charge in [-0.1, -0.05) is 6.07 Å². The van der Waals surface area contributed by atoms with Crippen LogP contribution in [0.25, 0.3) is 16.6 Å². The van der Waals surface area contributed by atoms with Crippen LogP contribution in [0.3, 0.4) is 0 Å². The first-order chi connectivity index (χ1) is 13.1. The molecule has 0 radical (unpaired) electrons. The SMILES string of the molecule is CC(C)n1ccc2cc(C(=O)NCCCc3nnc4ccccn34)ccc21. The molecule has 0 saturated heterocycles. The topological polar surface area (TPSA) is 64.2 Å². The van der Waals surface area contributed by atoms with Crippen molar-refractivity contribution in [3.05, 3.63) is 66.2 Å². The van der Waals surface area contributed by atoms with Crippen molar-refractivity contribution >= 4 is 22.5 Å². The van der Waals surface area contributed by atoms with Crippen LogP contribution in [0.1, 0.15) is 42.5 Å². The van der Waals surface area contributed by atoms with Crippen LogP contribution in [0.15, 0.2) is 54.9 Å². The highest BCUT2D eigenvalue weighted by Crippen LogP contribution is 2.21. The molecule has 4 aromatic rings. The average molecular weight is 361 g/mol. The summed E-state index contributed by atoms with van der Waals surface area (Å²) in [6.45, 7) is 4.91. The number of fused-ring (bicyclic) bond motifs is 2. The molecule has 0 bridgehead atoms. The van der Waals surface area contributed by atoms with Crippen LogP contribution in [0.5, 0.6) is 0 Å². The molecule has 6 nitrogen and oxygen atoms in total. The van der Waals surface area contributed by atoms with E-state index in [1.807, 2.05) is 47.0 Å². The summed E-state index contributed by atoms with van der Waals surface area (Å²) in [5.41, 5.74) is 2.69. The minimum Gasteiger partial charge on any atom is -0.352 e. The highest BCUT2D eigenvalue weighted by molar-refractivity contribution is 5.98. The van der Waals surface area contributed by atoms with E-state index >= 15 is 0 Å². The van der Waals surface area contributed by atoms with Crippen LogP contribution in [0, 0.1) is 0 Å². The van der Waals surface area contributed by atoms with Gasteiger partial charge in [0, 0.05) is 47.9 Å². The molecule has 0 aliphatic rings. The van der Waals surface area contributed by atoms with Gasteiger partial charge in [0.05, 0.1) is 0 Å². The molecule has 1 aromatic carbocycles. The minimum absolute atomic E-state index is 0.0414. The summed E-state index contributed by atoms with van der Waals surface area (Å²) >= 11 is 0. The molecule has 6 heteroatoms. The summed E-state index contributed by atoms with van der Waals surface area (Å²) in [6.07, 6.45) is 5.61. The minimum atomic E-state index is -0.0414. The summed E-state index contributed by atoms with van der Waals surface area (Å²) in [5.74, 6) is 0.872. The summed E-state index contributed by atoms with van der Waals surface area (Å²) in [5, 5.41) is 12.5. The lowest BCUT2D eigenvalue weighted by Gasteiger charge is -2.10. The number of carbonyl (C=O) groups is 1. The molecule has 1 amide bonds. The lowest BCUT2D eigenvalue weighted by molar-refractivity contribution is 0.0953. The van der Waals surface area contributed by atoms with Crippen molar-refractivity contribution in [2.45, 2.75) is 32.7 Å². The fraction of sp³-hybridized carbons (Fsp3) is 0.286. The number of carbonyl (C=O) groups excluding carboxylic acids is 1. The zero-order chi connectivity index (χ0) is 18.8. The summed E-state index contributed by atoms with van der Waals surface area (Å²) < 4.78 is 4.19. The van der Waals surface area contributed by atoms with Crippen molar-refractivity contribution in [2.75, 3.05) is 6.54 Å². The predicted molar refractivity (Wildman–Crippen MR) is 106 cm³/mol. The molecular weight excluding hydrogens is 338 g/mol. The molecule has 0 unspecified atom stereocenters. The highest BCUT2D eigenvalue weighted by atomic mass is 16.1. The predicted octanol–water partition coefficient (Wildman–Crippen LogP) is 3.63. The average Bonchev–Trinajstić information content (AvgIpc) is 3.28. The number of hydrogen-bond acceptors (Lipinski definition) is 3. The van der Waals surface area contributed by atoms with Gasteiger partial charge in [0.2, 0.25) is 0 Å². The molecule has 0 spiro atoms. The van der Waals surface area contributed by atoms with E-state index in [0.717, 1.165) is 35.2 Å². The van der Waals surface area contributed by atoms with E-state index in [1.54, 1.807) is 0 Å². The van der Waals surface area contributed by atoms with E-state index in [-0.39, 0.29) is 5.91 Å². The number of nitrogens with one attached hydrogen (secondary N) is 1. The van der Waals surface area contributed by atoms with Crippen molar-refractivity contribution in [1.82, 2.24) is 24.5 Å². The van der Waals surface area contributed by atoms with E-state index in [2.05, 4.69) is 46.2 Å². The summed E-state index contributed by atoms with van der Waals surface area (Å²) in [4.78, 5) is 12.5. The van der Waals surface area contributed by atoms with Gasteiger partial charge in [0.15, 0.2) is 5.65 Å². The Morgan fingerprint density at radius 2 is 2.00 bits per heavy atom. The van der Waals surface area contributed by atoms with Gasteiger partial charge in [-0.2, -0.15) is 0 Å². The van der Waals surface area contributed by atoms with Crippen LogP contribution in [-0.4, -0.2) is 31.6 Å². The number of benzene rings is 1. The van der Waals surface area contributed by atoms with E-state index < -0.39 is 0 Å². The van der Waals surface area contributed by atoms with Crippen molar-refractivity contribution in [1.29, 1.82) is 0 Å². The van der Waals surface area contributed by atoms with Gasteiger partial charge in [0.1, 0.15) is 5.82 Å². The standard InChI is InChI=1S/C21H23N5O/c1-15(2)25-13-10-16-14-17(8-9-18(16)25)21(27)22-11-5-7-20-24-23-19-6-3-4-12-26(19)20/h3-4,6,8-10,12-15H,5,7,11H2,1-2H3,(H,22,27). The third-order valence-electron chi connectivity index (χ3n) is 4.79. The van der Waals surface area contributed by atoms with Crippen LogP contribution in [0.2, 0.25) is 0 Å². The second-order valence-electron chi connectivity index (χ2n) is 6.99. The zero-order valence-corrected chi connectivity index (χ0v) is 15.6. The quantitative estimate of drug-likeness (QED) is 0.534. The van der Waals surface area contributed by atoms with Crippen molar-refractivity contribution in [3.8, 4) is 0 Å². The first-order valence-electron chi connectivity index (χ1n) is 9.31. The number of aryl methyl sites for hydroxylation is 1. The first-order valence-corrected chi connectivity index (χ1v) is 9.31. The summed E-state index contributed by atoms with van der Waals surface area (Å²) in [6, 6.07) is 14.2. The van der Waals surface area contributed by atoms with Gasteiger partial charge >= 0.3 is 0 Å². The number of nitrogens with zero attached hydrogens (tertiary/aromatic N) is 4. The first kappa shape index (κ1) is 17.3. The Morgan fingerprint density at radius 3 is 2.85 bits per heavy atom. The van der Waals surface area contributed by atoms with E-state index in [4.69, 9.17) is 0 Å². The largest absolute Gasteiger partial charge is 0.352 e. The number of amides is 1. The molecule has 0 saturated carbocycles. The molecule has 3 aromatic heterocycles. The lowest BCUT2D eigenvalue weighted by atomic mass is 10.1. The van der Waals surface area contributed by atoms with Gasteiger partial charge in [-0.15, -0.1) is 10.2 Å². The molecule has 4 rings (SSSR count). The Labute approximate surface area is 157 Å². The summed E-state index contributed by atoms with van der Waals surface area (Å²) in [7, 11) is 0. The van der Waals surface area contributed by atoms with Gasteiger partial charge < -0.3 is 9.88 Å². The number of pyridine rings is 1. The number of hydrogen-bond donors (Lipinski definition) is 1. The number of aromatic nitrogens is 4. The normalized spacial score (nSPS) is 11.5. The van der Waals surface area contributed by atoms with Crippen LogP contribution in [0.4, 0.5) is 0 Å². The smallest absolute Gasteiger partial charge is 0.251 e. The third kappa shape index (κ3) is 3.43. The fourth-order valence-electron chi connectivity index (χ4n) is 3.37. The van der Waals surface area contributed by atoms with Crippen LogP contribution in [-0.2, 0) is 6.42 Å². The molecule has 138 valence electrons. The molecule has 0 atom stereocenters. The van der Waals surface area contributed by atoms with Gasteiger partial charge in [0.25, 0.3) is 5.91 Å². The molecule has 1 N–H and O–H groups in total. The third-order valence-corrected chi connectivity index (χ3v) is 4.79. The van der Waals surface area contributed by atoms with Gasteiger partial charge in [-0.3, -0.25) is 9.20 Å². The molecule has 3 heterocycles. The van der Waals surface area contributed by atoms with E-state index in [0.29, 0.717) is 18.2 Å². The Balaban J connectivity index is 1.36. The fourth-order valence-corrected chi connectivity index (χ4v) is 3.37. The van der Waals surface area contributed by atoms with Gasteiger partial charge in [-0.05, 0) is 56.7 Å². The highest BCUT2D eigenvalue weighted by Gasteiger charge is 2.10. The van der Waals surface area contributed by atoms with E-state index in [1.165, 1.54) is 0 Å². The number of rotatable bonds is 6. The Morgan fingerprint density at radius 1 is 1.11 bits per heavy atom. The molecule has 27 heavy (non-hydrogen) atoms.